The van der Waals surface area contributed by atoms with E-state index in [0.29, 0.717) is 12.3 Å². The first-order valence-corrected chi connectivity index (χ1v) is 8.74. The topological polar surface area (TPSA) is 32.8 Å². The highest BCUT2D eigenvalue weighted by molar-refractivity contribution is 5.79. The summed E-state index contributed by atoms with van der Waals surface area (Å²) in [5, 5.41) is 0. The molecule has 1 aromatic carbocycles. The van der Waals surface area contributed by atoms with Crippen LogP contribution in [0.1, 0.15) is 24.0 Å². The second-order valence-electron chi connectivity index (χ2n) is 7.10. The molecule has 1 aliphatic carbocycles. The number of ether oxygens (including phenoxy) is 1. The van der Waals surface area contributed by atoms with Gasteiger partial charge in [-0.2, -0.15) is 0 Å². The predicted octanol–water partition coefficient (Wildman–Crippen LogP) is 2.11. The summed E-state index contributed by atoms with van der Waals surface area (Å²) in [5.74, 6) is 0.945. The van der Waals surface area contributed by atoms with Gasteiger partial charge in [-0.1, -0.05) is 24.3 Å². The van der Waals surface area contributed by atoms with Gasteiger partial charge in [0.15, 0.2) is 0 Å². The molecule has 1 aromatic rings. The number of nitrogens with zero attached hydrogens (tertiary/aromatic N) is 2. The van der Waals surface area contributed by atoms with Crippen molar-refractivity contribution in [3.05, 3.63) is 35.4 Å². The Morgan fingerprint density at radius 1 is 1.30 bits per heavy atom. The van der Waals surface area contributed by atoms with Crippen LogP contribution in [-0.2, 0) is 16.0 Å². The monoisotopic (exact) mass is 316 g/mol. The number of hydrogen-bond donors (Lipinski definition) is 0. The largest absolute Gasteiger partial charge is 0.374 e. The Balaban J connectivity index is 1.63. The molecule has 2 aliphatic rings. The van der Waals surface area contributed by atoms with Crippen LogP contribution in [0, 0.1) is 12.8 Å². The fraction of sp³-hybridized carbons (Fsp3) is 0.632. The number of carbonyl (C=O) groups excluding carboxylic acids is 1. The van der Waals surface area contributed by atoms with Gasteiger partial charge in [0.05, 0.1) is 19.1 Å². The van der Waals surface area contributed by atoms with Gasteiger partial charge in [-0.3, -0.25) is 4.79 Å². The van der Waals surface area contributed by atoms with Gasteiger partial charge in [0.2, 0.25) is 5.91 Å². The predicted molar refractivity (Wildman–Crippen MR) is 91.4 cm³/mol. The van der Waals surface area contributed by atoms with Crippen LogP contribution in [-0.4, -0.2) is 61.6 Å². The van der Waals surface area contributed by atoms with E-state index >= 15 is 0 Å². The lowest BCUT2D eigenvalue weighted by atomic mass is 10.0. The lowest BCUT2D eigenvalue weighted by Crippen LogP contribution is -2.48. The molecule has 1 saturated heterocycles. The van der Waals surface area contributed by atoms with Crippen molar-refractivity contribution in [2.24, 2.45) is 5.92 Å². The number of aryl methyl sites for hydroxylation is 1. The molecule has 126 valence electrons. The minimum atomic E-state index is 0.147. The maximum Gasteiger partial charge on any atom is 0.227 e. The van der Waals surface area contributed by atoms with Crippen molar-refractivity contribution in [1.29, 1.82) is 0 Å². The van der Waals surface area contributed by atoms with Gasteiger partial charge in [-0.05, 0) is 43.9 Å². The van der Waals surface area contributed by atoms with E-state index in [2.05, 4.69) is 31.0 Å². The Morgan fingerprint density at radius 3 is 2.78 bits per heavy atom. The highest BCUT2D eigenvalue weighted by atomic mass is 16.5. The molecule has 1 heterocycles. The van der Waals surface area contributed by atoms with Gasteiger partial charge in [0.25, 0.3) is 0 Å². The Hall–Kier alpha value is -1.39. The minimum absolute atomic E-state index is 0.147. The number of amides is 1. The van der Waals surface area contributed by atoms with E-state index in [1.807, 2.05) is 17.0 Å². The Labute approximate surface area is 139 Å². The summed E-state index contributed by atoms with van der Waals surface area (Å²) in [4.78, 5) is 17.2. The third-order valence-electron chi connectivity index (χ3n) is 4.90. The lowest BCUT2D eigenvalue weighted by Gasteiger charge is -2.34. The SMILES string of the molecule is Cc1ccccc1CC(=O)N(CC1CC1)CC1CN(C)CCO1. The van der Waals surface area contributed by atoms with Gasteiger partial charge in [0, 0.05) is 26.2 Å². The fourth-order valence-corrected chi connectivity index (χ4v) is 3.20. The maximum absolute atomic E-state index is 12.8. The summed E-state index contributed by atoms with van der Waals surface area (Å²) in [6.45, 7) is 6.37. The number of carbonyl (C=O) groups is 1. The normalized spacial score (nSPS) is 22.1. The molecule has 4 nitrogen and oxygen atoms in total. The first-order valence-electron chi connectivity index (χ1n) is 8.74. The molecular formula is C19H28N2O2. The Bertz CT molecular complexity index is 542. The second kappa shape index (κ2) is 7.45. The summed E-state index contributed by atoms with van der Waals surface area (Å²) < 4.78 is 5.87. The van der Waals surface area contributed by atoms with Gasteiger partial charge in [0.1, 0.15) is 0 Å². The molecule has 1 aliphatic heterocycles. The van der Waals surface area contributed by atoms with Crippen molar-refractivity contribution in [2.45, 2.75) is 32.3 Å². The van der Waals surface area contributed by atoms with Gasteiger partial charge >= 0.3 is 0 Å². The number of hydrogen-bond acceptors (Lipinski definition) is 3. The average Bonchev–Trinajstić information content (AvgIpc) is 3.33. The van der Waals surface area contributed by atoms with Crippen LogP contribution in [0.25, 0.3) is 0 Å². The quantitative estimate of drug-likeness (QED) is 0.806. The number of benzene rings is 1. The minimum Gasteiger partial charge on any atom is -0.374 e. The zero-order valence-electron chi connectivity index (χ0n) is 14.3. The molecular weight excluding hydrogens is 288 g/mol. The maximum atomic E-state index is 12.8. The molecule has 0 aromatic heterocycles. The molecule has 1 atom stereocenters. The van der Waals surface area contributed by atoms with Crippen molar-refractivity contribution in [2.75, 3.05) is 39.8 Å². The molecule has 3 rings (SSSR count). The smallest absolute Gasteiger partial charge is 0.227 e. The second-order valence-corrected chi connectivity index (χ2v) is 7.10. The van der Waals surface area contributed by atoms with Crippen LogP contribution in [0.2, 0.25) is 0 Å². The first-order chi connectivity index (χ1) is 11.1. The van der Waals surface area contributed by atoms with E-state index in [1.54, 1.807) is 0 Å². The van der Waals surface area contributed by atoms with E-state index in [1.165, 1.54) is 18.4 Å². The van der Waals surface area contributed by atoms with Crippen molar-refractivity contribution < 1.29 is 9.53 Å². The van der Waals surface area contributed by atoms with Crippen molar-refractivity contribution >= 4 is 5.91 Å². The van der Waals surface area contributed by atoms with Crippen molar-refractivity contribution in [3.63, 3.8) is 0 Å². The average molecular weight is 316 g/mol. The Kier molecular flexibility index (Phi) is 5.34. The van der Waals surface area contributed by atoms with Crippen LogP contribution < -0.4 is 0 Å². The third-order valence-corrected chi connectivity index (χ3v) is 4.90. The summed E-state index contributed by atoms with van der Waals surface area (Å²) >= 11 is 0. The van der Waals surface area contributed by atoms with E-state index in [4.69, 9.17) is 4.74 Å². The lowest BCUT2D eigenvalue weighted by molar-refractivity contribution is -0.134. The highest BCUT2D eigenvalue weighted by Gasteiger charge is 2.29. The first kappa shape index (κ1) is 16.5. The zero-order chi connectivity index (χ0) is 16.2. The molecule has 1 saturated carbocycles. The van der Waals surface area contributed by atoms with E-state index in [9.17, 15) is 4.79 Å². The number of morpholine rings is 1. The summed E-state index contributed by atoms with van der Waals surface area (Å²) in [5.41, 5.74) is 2.33. The number of likely N-dealkylation sites (N-methyl/N-ethyl adjacent to an activating group) is 1. The van der Waals surface area contributed by atoms with Crippen LogP contribution in [0.15, 0.2) is 24.3 Å². The van der Waals surface area contributed by atoms with Gasteiger partial charge in [-0.15, -0.1) is 0 Å². The van der Waals surface area contributed by atoms with E-state index < -0.39 is 0 Å². The molecule has 4 heteroatoms. The third kappa shape index (κ3) is 4.79. The molecule has 2 fully saturated rings. The Morgan fingerprint density at radius 2 is 2.09 bits per heavy atom. The molecule has 0 spiro atoms. The van der Waals surface area contributed by atoms with E-state index in [-0.39, 0.29) is 12.0 Å². The summed E-state index contributed by atoms with van der Waals surface area (Å²) in [6.07, 6.45) is 3.18. The molecule has 0 radical (unpaired) electrons. The van der Waals surface area contributed by atoms with Crippen molar-refractivity contribution in [3.8, 4) is 0 Å². The fourth-order valence-electron chi connectivity index (χ4n) is 3.20. The van der Waals surface area contributed by atoms with Crippen LogP contribution >= 0.6 is 0 Å². The van der Waals surface area contributed by atoms with Gasteiger partial charge < -0.3 is 14.5 Å². The molecule has 1 unspecified atom stereocenters. The van der Waals surface area contributed by atoms with Crippen LogP contribution in [0.5, 0.6) is 0 Å². The standard InChI is InChI=1S/C19H28N2O2/c1-15-5-3-4-6-17(15)11-19(22)21(12-16-7-8-16)14-18-13-20(2)9-10-23-18/h3-6,16,18H,7-14H2,1-2H3. The highest BCUT2D eigenvalue weighted by Crippen LogP contribution is 2.30. The van der Waals surface area contributed by atoms with Crippen LogP contribution in [0.3, 0.4) is 0 Å². The zero-order valence-corrected chi connectivity index (χ0v) is 14.3. The summed E-state index contributed by atoms with van der Waals surface area (Å²) in [7, 11) is 2.12. The van der Waals surface area contributed by atoms with Crippen molar-refractivity contribution in [1.82, 2.24) is 9.80 Å². The molecule has 23 heavy (non-hydrogen) atoms. The molecule has 1 amide bonds. The van der Waals surface area contributed by atoms with E-state index in [0.717, 1.165) is 38.3 Å². The molecule has 0 bridgehead atoms. The molecule has 0 N–H and O–H groups in total. The number of rotatable bonds is 6. The van der Waals surface area contributed by atoms with Gasteiger partial charge in [-0.25, -0.2) is 0 Å². The summed E-state index contributed by atoms with van der Waals surface area (Å²) in [6, 6.07) is 8.18. The van der Waals surface area contributed by atoms with Crippen LogP contribution in [0.4, 0.5) is 0 Å².